The molecule has 2 aromatic heterocycles. The maximum absolute atomic E-state index is 12.6. The number of rotatable bonds is 5. The van der Waals surface area contributed by atoms with Crippen molar-refractivity contribution in [2.75, 3.05) is 13.2 Å². The first kappa shape index (κ1) is 16.4. The predicted molar refractivity (Wildman–Crippen MR) is 90.4 cm³/mol. The third-order valence-corrected chi connectivity index (χ3v) is 5.15. The van der Waals surface area contributed by atoms with Gasteiger partial charge in [0.05, 0.1) is 31.0 Å². The number of carbonyl (C=O) groups is 1. The molecule has 2 aliphatic rings. The van der Waals surface area contributed by atoms with E-state index in [1.807, 2.05) is 36.3 Å². The van der Waals surface area contributed by atoms with Gasteiger partial charge in [-0.3, -0.25) is 14.4 Å². The topological polar surface area (TPSA) is 72.5 Å². The maximum Gasteiger partial charge on any atom is 0.224 e. The van der Waals surface area contributed by atoms with Crippen molar-refractivity contribution in [3.05, 3.63) is 42.1 Å². The fourth-order valence-electron chi connectivity index (χ4n) is 3.94. The lowest BCUT2D eigenvalue weighted by Crippen LogP contribution is -2.52. The number of carbonyl (C=O) groups excluding carboxylic acids is 1. The van der Waals surface area contributed by atoms with Gasteiger partial charge in [0.15, 0.2) is 0 Å². The maximum atomic E-state index is 12.6. The van der Waals surface area contributed by atoms with Gasteiger partial charge in [-0.15, -0.1) is 0 Å². The first-order valence-electron chi connectivity index (χ1n) is 8.82. The van der Waals surface area contributed by atoms with Crippen molar-refractivity contribution in [1.29, 1.82) is 0 Å². The molecule has 4 heterocycles. The number of nitrogens with zero attached hydrogens (tertiary/aromatic N) is 3. The molecule has 0 radical (unpaired) electrons. The molecule has 134 valence electrons. The number of furan rings is 1. The fraction of sp³-hybridized carbons (Fsp3) is 0.556. The van der Waals surface area contributed by atoms with Crippen molar-refractivity contribution < 1.29 is 13.9 Å². The summed E-state index contributed by atoms with van der Waals surface area (Å²) < 4.78 is 13.0. The third-order valence-electron chi connectivity index (χ3n) is 5.15. The van der Waals surface area contributed by atoms with Crippen molar-refractivity contribution in [2.45, 2.75) is 38.1 Å². The largest absolute Gasteiger partial charge is 0.467 e. The van der Waals surface area contributed by atoms with E-state index in [-0.39, 0.29) is 17.9 Å². The van der Waals surface area contributed by atoms with E-state index in [0.29, 0.717) is 12.6 Å². The predicted octanol–water partition coefficient (Wildman–Crippen LogP) is 1.31. The lowest BCUT2D eigenvalue weighted by Gasteiger charge is -2.40. The van der Waals surface area contributed by atoms with E-state index in [0.717, 1.165) is 38.3 Å². The van der Waals surface area contributed by atoms with Crippen LogP contribution in [0.4, 0.5) is 0 Å². The number of likely N-dealkylation sites (tertiary alicyclic amines) is 1. The molecule has 7 heteroatoms. The number of hydrogen-bond acceptors (Lipinski definition) is 5. The van der Waals surface area contributed by atoms with E-state index in [1.165, 1.54) is 5.56 Å². The molecule has 4 rings (SSSR count). The van der Waals surface area contributed by atoms with Gasteiger partial charge < -0.3 is 14.5 Å². The monoisotopic (exact) mass is 344 g/mol. The Morgan fingerprint density at radius 1 is 1.48 bits per heavy atom. The Balaban J connectivity index is 1.41. The second kappa shape index (κ2) is 7.01. The Morgan fingerprint density at radius 2 is 2.40 bits per heavy atom. The van der Waals surface area contributed by atoms with E-state index >= 15 is 0 Å². The molecule has 1 amide bonds. The van der Waals surface area contributed by atoms with Gasteiger partial charge in [-0.1, -0.05) is 0 Å². The fourth-order valence-corrected chi connectivity index (χ4v) is 3.94. The minimum Gasteiger partial charge on any atom is -0.467 e. The standard InChI is InChI=1S/C18H24N4O3/c1-21-10-13(8-20-21)11-22-12-14(7-17-16(22)4-6-25-17)18(23)19-9-15-3-2-5-24-15/h2-3,5,8,10,14,16-17H,4,6-7,9,11-12H2,1H3,(H,19,23)/t14-,16-,17-/m1/s1. The van der Waals surface area contributed by atoms with E-state index in [9.17, 15) is 4.79 Å². The van der Waals surface area contributed by atoms with Crippen LogP contribution in [0.2, 0.25) is 0 Å². The number of fused-ring (bicyclic) bond motifs is 1. The minimum absolute atomic E-state index is 0.0639. The van der Waals surface area contributed by atoms with Crippen LogP contribution >= 0.6 is 0 Å². The Kier molecular flexibility index (Phi) is 4.59. The van der Waals surface area contributed by atoms with Gasteiger partial charge in [-0.25, -0.2) is 0 Å². The van der Waals surface area contributed by atoms with Gasteiger partial charge in [-0.05, 0) is 25.0 Å². The van der Waals surface area contributed by atoms with E-state index in [4.69, 9.17) is 9.15 Å². The van der Waals surface area contributed by atoms with Crippen LogP contribution < -0.4 is 5.32 Å². The van der Waals surface area contributed by atoms with Gasteiger partial charge in [0.2, 0.25) is 5.91 Å². The molecule has 25 heavy (non-hydrogen) atoms. The smallest absolute Gasteiger partial charge is 0.224 e. The van der Waals surface area contributed by atoms with Crippen LogP contribution in [0.15, 0.2) is 35.2 Å². The summed E-state index contributed by atoms with van der Waals surface area (Å²) in [5, 5.41) is 7.24. The molecule has 0 bridgehead atoms. The summed E-state index contributed by atoms with van der Waals surface area (Å²) in [5.41, 5.74) is 1.17. The highest BCUT2D eigenvalue weighted by molar-refractivity contribution is 5.79. The number of aromatic nitrogens is 2. The molecule has 2 aliphatic heterocycles. The van der Waals surface area contributed by atoms with Crippen molar-refractivity contribution in [3.63, 3.8) is 0 Å². The number of nitrogens with one attached hydrogen (secondary N) is 1. The van der Waals surface area contributed by atoms with Crippen LogP contribution in [0.25, 0.3) is 0 Å². The first-order chi connectivity index (χ1) is 12.2. The normalized spacial score (nSPS) is 26.5. The Hall–Kier alpha value is -2.12. The zero-order chi connectivity index (χ0) is 17.2. The van der Waals surface area contributed by atoms with Crippen LogP contribution in [0.1, 0.15) is 24.2 Å². The van der Waals surface area contributed by atoms with Crippen molar-refractivity contribution >= 4 is 5.91 Å². The second-order valence-corrected chi connectivity index (χ2v) is 6.95. The molecule has 1 N–H and O–H groups in total. The molecule has 2 saturated heterocycles. The van der Waals surface area contributed by atoms with Crippen LogP contribution in [-0.2, 0) is 29.7 Å². The first-order valence-corrected chi connectivity index (χ1v) is 8.82. The zero-order valence-electron chi connectivity index (χ0n) is 14.4. The van der Waals surface area contributed by atoms with E-state index in [1.54, 1.807) is 6.26 Å². The van der Waals surface area contributed by atoms with E-state index in [2.05, 4.69) is 15.3 Å². The van der Waals surface area contributed by atoms with Crippen molar-refractivity contribution in [3.8, 4) is 0 Å². The highest BCUT2D eigenvalue weighted by atomic mass is 16.5. The number of hydrogen-bond donors (Lipinski definition) is 1. The number of amides is 1. The SMILES string of the molecule is Cn1cc(CN2C[C@H](C(=O)NCc3ccco3)C[C@H]3OCC[C@H]32)cn1. The minimum atomic E-state index is -0.0639. The summed E-state index contributed by atoms with van der Waals surface area (Å²) in [6.07, 6.45) is 7.51. The van der Waals surface area contributed by atoms with Gasteiger partial charge in [0.25, 0.3) is 0 Å². The Labute approximate surface area is 146 Å². The third kappa shape index (κ3) is 3.62. The van der Waals surface area contributed by atoms with Crippen LogP contribution in [0.3, 0.4) is 0 Å². The molecular weight excluding hydrogens is 320 g/mol. The molecule has 3 atom stereocenters. The summed E-state index contributed by atoms with van der Waals surface area (Å²) >= 11 is 0. The van der Waals surface area contributed by atoms with Gasteiger partial charge >= 0.3 is 0 Å². The lowest BCUT2D eigenvalue weighted by molar-refractivity contribution is -0.130. The van der Waals surface area contributed by atoms with Crippen LogP contribution in [-0.4, -0.2) is 45.9 Å². The molecule has 0 aromatic carbocycles. The second-order valence-electron chi connectivity index (χ2n) is 6.95. The molecule has 0 unspecified atom stereocenters. The van der Waals surface area contributed by atoms with Crippen LogP contribution in [0, 0.1) is 5.92 Å². The lowest BCUT2D eigenvalue weighted by atomic mass is 9.89. The quantitative estimate of drug-likeness (QED) is 0.885. The summed E-state index contributed by atoms with van der Waals surface area (Å²) in [4.78, 5) is 15.0. The molecule has 2 fully saturated rings. The van der Waals surface area contributed by atoms with Crippen molar-refractivity contribution in [1.82, 2.24) is 20.0 Å². The number of ether oxygens (including phenoxy) is 1. The Bertz CT molecular complexity index is 712. The molecule has 2 aromatic rings. The molecule has 0 spiro atoms. The van der Waals surface area contributed by atoms with E-state index < -0.39 is 0 Å². The summed E-state index contributed by atoms with van der Waals surface area (Å²) in [6.45, 7) is 2.77. The average Bonchev–Trinajstić information content (AvgIpc) is 3.34. The molecular formula is C18H24N4O3. The van der Waals surface area contributed by atoms with Gasteiger partial charge in [-0.2, -0.15) is 5.10 Å². The molecule has 7 nitrogen and oxygen atoms in total. The number of piperidine rings is 1. The summed E-state index contributed by atoms with van der Waals surface area (Å²) in [5.74, 6) is 0.777. The molecule has 0 aliphatic carbocycles. The molecule has 0 saturated carbocycles. The number of aryl methyl sites for hydroxylation is 1. The summed E-state index contributed by atoms with van der Waals surface area (Å²) in [6, 6.07) is 4.09. The summed E-state index contributed by atoms with van der Waals surface area (Å²) in [7, 11) is 1.92. The van der Waals surface area contributed by atoms with Crippen molar-refractivity contribution in [2.24, 2.45) is 13.0 Å². The average molecular weight is 344 g/mol. The van der Waals surface area contributed by atoms with Gasteiger partial charge in [0, 0.05) is 44.5 Å². The highest BCUT2D eigenvalue weighted by Crippen LogP contribution is 2.32. The van der Waals surface area contributed by atoms with Gasteiger partial charge in [0.1, 0.15) is 5.76 Å². The highest BCUT2D eigenvalue weighted by Gasteiger charge is 2.42. The van der Waals surface area contributed by atoms with Crippen LogP contribution in [0.5, 0.6) is 0 Å². The zero-order valence-corrected chi connectivity index (χ0v) is 14.4. The Morgan fingerprint density at radius 3 is 3.16 bits per heavy atom.